The first-order valence-electron chi connectivity index (χ1n) is 7.80. The Kier molecular flexibility index (Phi) is 9.91. The van der Waals surface area contributed by atoms with Crippen molar-refractivity contribution in [1.82, 2.24) is 0 Å². The standard InChI is InChI=1S/C15H28O5S/c1-21(16,17)20-14-9-6-4-2-3-5-8-12-18-15-11-7-10-13-19-15/h2,4,15H,3,5-14H2,1H3/b4-2-. The Morgan fingerprint density at radius 1 is 1.10 bits per heavy atom. The molecule has 1 unspecified atom stereocenters. The Bertz CT molecular complexity index is 372. The average Bonchev–Trinajstić information content (AvgIpc) is 2.44. The highest BCUT2D eigenvalue weighted by molar-refractivity contribution is 7.85. The van der Waals surface area contributed by atoms with Crippen LogP contribution < -0.4 is 0 Å². The van der Waals surface area contributed by atoms with E-state index in [1.165, 1.54) is 6.42 Å². The number of hydrogen-bond donors (Lipinski definition) is 0. The molecule has 1 aliphatic heterocycles. The molecule has 1 fully saturated rings. The van der Waals surface area contributed by atoms with Crippen molar-refractivity contribution in [3.63, 3.8) is 0 Å². The Labute approximate surface area is 128 Å². The summed E-state index contributed by atoms with van der Waals surface area (Å²) in [7, 11) is -3.29. The molecule has 0 radical (unpaired) electrons. The van der Waals surface area contributed by atoms with Crippen LogP contribution in [0, 0.1) is 0 Å². The minimum atomic E-state index is -3.29. The summed E-state index contributed by atoms with van der Waals surface area (Å²) in [5, 5.41) is 0. The molecule has 0 aromatic rings. The van der Waals surface area contributed by atoms with E-state index < -0.39 is 10.1 Å². The van der Waals surface area contributed by atoms with Crippen LogP contribution in [0.4, 0.5) is 0 Å². The largest absolute Gasteiger partial charge is 0.353 e. The molecule has 21 heavy (non-hydrogen) atoms. The van der Waals surface area contributed by atoms with Gasteiger partial charge < -0.3 is 9.47 Å². The van der Waals surface area contributed by atoms with Gasteiger partial charge in [0.05, 0.1) is 12.9 Å². The fourth-order valence-corrected chi connectivity index (χ4v) is 2.49. The van der Waals surface area contributed by atoms with E-state index in [1.54, 1.807) is 0 Å². The lowest BCUT2D eigenvalue weighted by molar-refractivity contribution is -0.162. The van der Waals surface area contributed by atoms with Gasteiger partial charge in [0.2, 0.25) is 0 Å². The van der Waals surface area contributed by atoms with Gasteiger partial charge in [-0.3, -0.25) is 4.18 Å². The molecule has 0 aliphatic carbocycles. The number of ether oxygens (including phenoxy) is 2. The van der Waals surface area contributed by atoms with Gasteiger partial charge in [-0.1, -0.05) is 12.2 Å². The van der Waals surface area contributed by atoms with E-state index in [1.807, 2.05) is 0 Å². The van der Waals surface area contributed by atoms with Crippen LogP contribution in [-0.2, 0) is 23.8 Å². The molecule has 6 heteroatoms. The molecule has 1 atom stereocenters. The Hall–Kier alpha value is -0.430. The minimum Gasteiger partial charge on any atom is -0.353 e. The van der Waals surface area contributed by atoms with Gasteiger partial charge in [-0.2, -0.15) is 8.42 Å². The van der Waals surface area contributed by atoms with Gasteiger partial charge in [0, 0.05) is 13.2 Å². The maximum Gasteiger partial charge on any atom is 0.264 e. The third-order valence-electron chi connectivity index (χ3n) is 3.19. The van der Waals surface area contributed by atoms with E-state index in [9.17, 15) is 8.42 Å². The van der Waals surface area contributed by atoms with Crippen molar-refractivity contribution in [3.05, 3.63) is 12.2 Å². The third kappa shape index (κ3) is 11.9. The second-order valence-electron chi connectivity index (χ2n) is 5.30. The zero-order valence-electron chi connectivity index (χ0n) is 13.0. The molecule has 1 heterocycles. The van der Waals surface area contributed by atoms with Gasteiger partial charge in [-0.05, 0) is 51.4 Å². The molecular weight excluding hydrogens is 292 g/mol. The fraction of sp³-hybridized carbons (Fsp3) is 0.867. The molecule has 0 bridgehead atoms. The molecule has 124 valence electrons. The van der Waals surface area contributed by atoms with Crippen LogP contribution in [0.3, 0.4) is 0 Å². The molecule has 0 spiro atoms. The highest BCUT2D eigenvalue weighted by Crippen LogP contribution is 2.14. The Morgan fingerprint density at radius 2 is 1.86 bits per heavy atom. The summed E-state index contributed by atoms with van der Waals surface area (Å²) >= 11 is 0. The zero-order valence-corrected chi connectivity index (χ0v) is 13.8. The van der Waals surface area contributed by atoms with E-state index in [0.717, 1.165) is 64.4 Å². The summed E-state index contributed by atoms with van der Waals surface area (Å²) in [5.74, 6) is 0. The first kappa shape index (κ1) is 18.6. The van der Waals surface area contributed by atoms with Crippen LogP contribution in [0.25, 0.3) is 0 Å². The van der Waals surface area contributed by atoms with Crippen molar-refractivity contribution in [2.45, 2.75) is 57.7 Å². The lowest BCUT2D eigenvalue weighted by atomic mass is 10.2. The topological polar surface area (TPSA) is 61.8 Å². The molecule has 0 aromatic carbocycles. The predicted octanol–water partition coefficient (Wildman–Crippen LogP) is 3.01. The van der Waals surface area contributed by atoms with Crippen molar-refractivity contribution in [2.75, 3.05) is 26.1 Å². The van der Waals surface area contributed by atoms with Gasteiger partial charge in [0.25, 0.3) is 10.1 Å². The monoisotopic (exact) mass is 320 g/mol. The normalized spacial score (nSPS) is 20.1. The lowest BCUT2D eigenvalue weighted by Crippen LogP contribution is -2.22. The summed E-state index contributed by atoms with van der Waals surface area (Å²) in [6.07, 6.45) is 13.4. The average molecular weight is 320 g/mol. The second-order valence-corrected chi connectivity index (χ2v) is 6.95. The second kappa shape index (κ2) is 11.2. The predicted molar refractivity (Wildman–Crippen MR) is 82.6 cm³/mol. The van der Waals surface area contributed by atoms with Crippen molar-refractivity contribution < 1.29 is 22.1 Å². The lowest BCUT2D eigenvalue weighted by Gasteiger charge is -2.22. The van der Waals surface area contributed by atoms with E-state index in [0.29, 0.717) is 0 Å². The smallest absolute Gasteiger partial charge is 0.264 e. The Morgan fingerprint density at radius 3 is 2.52 bits per heavy atom. The van der Waals surface area contributed by atoms with Gasteiger partial charge in [-0.25, -0.2) is 0 Å². The van der Waals surface area contributed by atoms with Crippen LogP contribution in [0.2, 0.25) is 0 Å². The van der Waals surface area contributed by atoms with Gasteiger partial charge in [0.15, 0.2) is 6.29 Å². The summed E-state index contributed by atoms with van der Waals surface area (Å²) < 4.78 is 37.2. The van der Waals surface area contributed by atoms with Gasteiger partial charge >= 0.3 is 0 Å². The highest BCUT2D eigenvalue weighted by Gasteiger charge is 2.12. The molecule has 1 rings (SSSR count). The molecule has 0 amide bonds. The fourth-order valence-electron chi connectivity index (χ4n) is 2.07. The van der Waals surface area contributed by atoms with Gasteiger partial charge in [0.1, 0.15) is 0 Å². The van der Waals surface area contributed by atoms with E-state index in [-0.39, 0.29) is 12.9 Å². The molecule has 0 N–H and O–H groups in total. The van der Waals surface area contributed by atoms with Gasteiger partial charge in [-0.15, -0.1) is 0 Å². The van der Waals surface area contributed by atoms with Crippen molar-refractivity contribution in [3.8, 4) is 0 Å². The quantitative estimate of drug-likeness (QED) is 0.333. The van der Waals surface area contributed by atoms with E-state index in [4.69, 9.17) is 9.47 Å². The van der Waals surface area contributed by atoms with Crippen molar-refractivity contribution >= 4 is 10.1 Å². The SMILES string of the molecule is CS(=O)(=O)OCCC/C=C\CCCCOC1CCCCO1. The molecule has 5 nitrogen and oxygen atoms in total. The van der Waals surface area contributed by atoms with E-state index >= 15 is 0 Å². The first-order valence-corrected chi connectivity index (χ1v) is 9.62. The molecule has 0 saturated carbocycles. The maximum atomic E-state index is 10.7. The summed E-state index contributed by atoms with van der Waals surface area (Å²) in [6, 6.07) is 0. The molecular formula is C15H28O5S. The van der Waals surface area contributed by atoms with Crippen LogP contribution >= 0.6 is 0 Å². The van der Waals surface area contributed by atoms with Crippen LogP contribution in [0.5, 0.6) is 0 Å². The zero-order chi connectivity index (χ0) is 15.4. The van der Waals surface area contributed by atoms with Crippen molar-refractivity contribution in [1.29, 1.82) is 0 Å². The summed E-state index contributed by atoms with van der Waals surface area (Å²) in [5.41, 5.74) is 0. The third-order valence-corrected chi connectivity index (χ3v) is 3.78. The molecule has 0 aromatic heterocycles. The van der Waals surface area contributed by atoms with E-state index in [2.05, 4.69) is 16.3 Å². The number of hydrogen-bond acceptors (Lipinski definition) is 5. The van der Waals surface area contributed by atoms with Crippen LogP contribution in [0.1, 0.15) is 51.4 Å². The summed E-state index contributed by atoms with van der Waals surface area (Å²) in [4.78, 5) is 0. The molecule has 1 saturated heterocycles. The van der Waals surface area contributed by atoms with Crippen LogP contribution in [0.15, 0.2) is 12.2 Å². The first-order chi connectivity index (χ1) is 10.1. The minimum absolute atomic E-state index is 0.0177. The number of allylic oxidation sites excluding steroid dienone is 2. The summed E-state index contributed by atoms with van der Waals surface area (Å²) in [6.45, 7) is 1.86. The molecule has 1 aliphatic rings. The maximum absolute atomic E-state index is 10.7. The number of unbranched alkanes of at least 4 members (excludes halogenated alkanes) is 3. The highest BCUT2D eigenvalue weighted by atomic mass is 32.2. The van der Waals surface area contributed by atoms with Crippen molar-refractivity contribution in [2.24, 2.45) is 0 Å². The van der Waals surface area contributed by atoms with Crippen LogP contribution in [-0.4, -0.2) is 40.8 Å². The number of rotatable bonds is 11. The Balaban J connectivity index is 1.84.